The molecular weight excluding hydrogens is 382 g/mol. The molecule has 1 heterocycles. The molecule has 0 bridgehead atoms. The quantitative estimate of drug-likeness (QED) is 0.553. The summed E-state index contributed by atoms with van der Waals surface area (Å²) >= 11 is 1.25. The van der Waals surface area contributed by atoms with Crippen molar-refractivity contribution in [3.05, 3.63) is 65.7 Å². The van der Waals surface area contributed by atoms with E-state index in [-0.39, 0.29) is 23.0 Å². The SMILES string of the molecule is C[C@H](CNC(=O)CSc1nnc(-c2ccc(C(C)(C)C)cc2)o1)c1ccccc1. The van der Waals surface area contributed by atoms with Crippen molar-refractivity contribution in [1.29, 1.82) is 0 Å². The molecule has 1 atom stereocenters. The number of nitrogens with zero attached hydrogens (tertiary/aromatic N) is 2. The van der Waals surface area contributed by atoms with Crippen molar-refractivity contribution < 1.29 is 9.21 Å². The minimum Gasteiger partial charge on any atom is -0.411 e. The van der Waals surface area contributed by atoms with Crippen LogP contribution >= 0.6 is 11.8 Å². The van der Waals surface area contributed by atoms with Gasteiger partial charge in [-0.15, -0.1) is 10.2 Å². The Morgan fingerprint density at radius 3 is 2.41 bits per heavy atom. The Kier molecular flexibility index (Phi) is 6.75. The highest BCUT2D eigenvalue weighted by atomic mass is 32.2. The van der Waals surface area contributed by atoms with Gasteiger partial charge in [0.1, 0.15) is 0 Å². The van der Waals surface area contributed by atoms with Gasteiger partial charge < -0.3 is 9.73 Å². The van der Waals surface area contributed by atoms with Gasteiger partial charge in [0.25, 0.3) is 5.22 Å². The minimum absolute atomic E-state index is 0.0490. The molecular formula is C23H27N3O2S. The fourth-order valence-corrected chi connectivity index (χ4v) is 3.44. The van der Waals surface area contributed by atoms with Crippen LogP contribution in [0.5, 0.6) is 0 Å². The van der Waals surface area contributed by atoms with E-state index in [2.05, 4.69) is 67.5 Å². The Hall–Kier alpha value is -2.60. The Balaban J connectivity index is 1.49. The monoisotopic (exact) mass is 409 g/mol. The molecule has 0 aliphatic heterocycles. The van der Waals surface area contributed by atoms with E-state index in [4.69, 9.17) is 4.42 Å². The van der Waals surface area contributed by atoms with Crippen LogP contribution in [0.15, 0.2) is 64.2 Å². The third-order valence-electron chi connectivity index (χ3n) is 4.71. The number of benzene rings is 2. The maximum atomic E-state index is 12.1. The van der Waals surface area contributed by atoms with E-state index in [9.17, 15) is 4.79 Å². The summed E-state index contributed by atoms with van der Waals surface area (Å²) in [6.45, 7) is 9.22. The van der Waals surface area contributed by atoms with E-state index in [1.54, 1.807) is 0 Å². The smallest absolute Gasteiger partial charge is 0.277 e. The lowest BCUT2D eigenvalue weighted by Crippen LogP contribution is -2.28. The number of aromatic nitrogens is 2. The summed E-state index contributed by atoms with van der Waals surface area (Å²) in [6, 6.07) is 18.3. The van der Waals surface area contributed by atoms with E-state index in [1.165, 1.54) is 22.9 Å². The second-order valence-corrected chi connectivity index (χ2v) is 9.03. The molecule has 6 heteroatoms. The van der Waals surface area contributed by atoms with Gasteiger partial charge in [-0.2, -0.15) is 0 Å². The number of rotatable bonds is 7. The zero-order valence-corrected chi connectivity index (χ0v) is 18.1. The number of thioether (sulfide) groups is 1. The number of carbonyl (C=O) groups is 1. The molecule has 0 unspecified atom stereocenters. The number of nitrogens with one attached hydrogen (secondary N) is 1. The van der Waals surface area contributed by atoms with Gasteiger partial charge in [0.15, 0.2) is 0 Å². The number of hydrogen-bond acceptors (Lipinski definition) is 5. The zero-order chi connectivity index (χ0) is 20.9. The van der Waals surface area contributed by atoms with Crippen LogP contribution in [-0.2, 0) is 10.2 Å². The molecule has 0 saturated heterocycles. The van der Waals surface area contributed by atoms with Crippen LogP contribution in [-0.4, -0.2) is 28.4 Å². The van der Waals surface area contributed by atoms with E-state index in [0.717, 1.165) is 5.56 Å². The first-order valence-corrected chi connectivity index (χ1v) is 10.7. The van der Waals surface area contributed by atoms with Crippen LogP contribution in [0.3, 0.4) is 0 Å². The van der Waals surface area contributed by atoms with Crippen molar-refractivity contribution in [2.75, 3.05) is 12.3 Å². The molecule has 0 aliphatic rings. The van der Waals surface area contributed by atoms with Crippen LogP contribution in [0, 0.1) is 0 Å². The fourth-order valence-electron chi connectivity index (χ4n) is 2.84. The van der Waals surface area contributed by atoms with Gasteiger partial charge >= 0.3 is 0 Å². The molecule has 3 rings (SSSR count). The maximum absolute atomic E-state index is 12.1. The fraction of sp³-hybridized carbons (Fsp3) is 0.348. The van der Waals surface area contributed by atoms with Gasteiger partial charge in [0, 0.05) is 12.1 Å². The van der Waals surface area contributed by atoms with Gasteiger partial charge in [-0.05, 0) is 34.6 Å². The second kappa shape index (κ2) is 9.27. The summed E-state index contributed by atoms with van der Waals surface area (Å²) in [5.41, 5.74) is 3.43. The third kappa shape index (κ3) is 5.94. The van der Waals surface area contributed by atoms with Crippen molar-refractivity contribution in [3.8, 4) is 11.5 Å². The average Bonchev–Trinajstić information content (AvgIpc) is 3.19. The first kappa shape index (κ1) is 21.1. The highest BCUT2D eigenvalue weighted by Crippen LogP contribution is 2.27. The topological polar surface area (TPSA) is 68.0 Å². The first-order chi connectivity index (χ1) is 13.8. The first-order valence-electron chi connectivity index (χ1n) is 9.72. The van der Waals surface area contributed by atoms with Crippen LogP contribution in [0.25, 0.3) is 11.5 Å². The Labute approximate surface area is 176 Å². The zero-order valence-electron chi connectivity index (χ0n) is 17.3. The molecule has 2 aromatic carbocycles. The van der Waals surface area contributed by atoms with Crippen LogP contribution in [0.1, 0.15) is 44.7 Å². The predicted octanol–water partition coefficient (Wildman–Crippen LogP) is 5.05. The van der Waals surface area contributed by atoms with Crippen LogP contribution < -0.4 is 5.32 Å². The molecule has 5 nitrogen and oxygen atoms in total. The Bertz CT molecular complexity index is 931. The molecule has 0 saturated carbocycles. The van der Waals surface area contributed by atoms with Crippen molar-refractivity contribution in [3.63, 3.8) is 0 Å². The molecule has 0 fully saturated rings. The van der Waals surface area contributed by atoms with Gasteiger partial charge in [-0.25, -0.2) is 0 Å². The summed E-state index contributed by atoms with van der Waals surface area (Å²) in [6.07, 6.45) is 0. The van der Waals surface area contributed by atoms with Crippen molar-refractivity contribution in [1.82, 2.24) is 15.5 Å². The lowest BCUT2D eigenvalue weighted by atomic mass is 9.87. The molecule has 1 N–H and O–H groups in total. The standard InChI is InChI=1S/C23H27N3O2S/c1-16(17-8-6-5-7-9-17)14-24-20(27)15-29-22-26-25-21(28-22)18-10-12-19(13-11-18)23(2,3)4/h5-13,16H,14-15H2,1-4H3,(H,24,27)/t16-/m1/s1. The van der Waals surface area contributed by atoms with Gasteiger partial charge in [0.05, 0.1) is 5.75 Å². The summed E-state index contributed by atoms with van der Waals surface area (Å²) in [5.74, 6) is 0.917. The Morgan fingerprint density at radius 2 is 1.76 bits per heavy atom. The predicted molar refractivity (Wildman–Crippen MR) is 117 cm³/mol. The largest absolute Gasteiger partial charge is 0.411 e. The van der Waals surface area contributed by atoms with E-state index in [0.29, 0.717) is 17.7 Å². The van der Waals surface area contributed by atoms with Crippen molar-refractivity contribution in [2.24, 2.45) is 0 Å². The highest BCUT2D eigenvalue weighted by Gasteiger charge is 2.15. The number of amides is 1. The molecule has 29 heavy (non-hydrogen) atoms. The maximum Gasteiger partial charge on any atom is 0.277 e. The van der Waals surface area contributed by atoms with E-state index < -0.39 is 0 Å². The van der Waals surface area contributed by atoms with Gasteiger partial charge in [-0.1, -0.05) is 81.9 Å². The molecule has 0 radical (unpaired) electrons. The molecule has 0 spiro atoms. The number of carbonyl (C=O) groups excluding carboxylic acids is 1. The van der Waals surface area contributed by atoms with Crippen LogP contribution in [0.2, 0.25) is 0 Å². The lowest BCUT2D eigenvalue weighted by Gasteiger charge is -2.18. The van der Waals surface area contributed by atoms with E-state index >= 15 is 0 Å². The van der Waals surface area contributed by atoms with Crippen molar-refractivity contribution >= 4 is 17.7 Å². The van der Waals surface area contributed by atoms with Gasteiger partial charge in [0.2, 0.25) is 11.8 Å². The second-order valence-electron chi connectivity index (χ2n) is 8.10. The summed E-state index contributed by atoms with van der Waals surface area (Å²) in [4.78, 5) is 12.1. The lowest BCUT2D eigenvalue weighted by molar-refractivity contribution is -0.118. The Morgan fingerprint density at radius 1 is 1.07 bits per heavy atom. The summed E-state index contributed by atoms with van der Waals surface area (Å²) in [7, 11) is 0. The van der Waals surface area contributed by atoms with Crippen LogP contribution in [0.4, 0.5) is 0 Å². The molecule has 0 aliphatic carbocycles. The average molecular weight is 410 g/mol. The summed E-state index contributed by atoms with van der Waals surface area (Å²) < 4.78 is 5.70. The minimum atomic E-state index is -0.0490. The molecule has 1 amide bonds. The molecule has 1 aromatic heterocycles. The normalized spacial score (nSPS) is 12.6. The van der Waals surface area contributed by atoms with Gasteiger partial charge in [-0.3, -0.25) is 4.79 Å². The molecule has 152 valence electrons. The number of hydrogen-bond donors (Lipinski definition) is 1. The van der Waals surface area contributed by atoms with E-state index in [1.807, 2.05) is 30.3 Å². The highest BCUT2D eigenvalue weighted by molar-refractivity contribution is 7.99. The summed E-state index contributed by atoms with van der Waals surface area (Å²) in [5, 5.41) is 11.5. The molecule has 3 aromatic rings. The third-order valence-corrected chi connectivity index (χ3v) is 5.52. The van der Waals surface area contributed by atoms with Crippen molar-refractivity contribution in [2.45, 2.75) is 44.3 Å².